The molecular weight excluding hydrogens is 1190 g/mol. The molecule has 7 aromatic heterocycles. The average Bonchev–Trinajstić information content (AvgIpc) is 4.47. The molecule has 2 amide bonds. The van der Waals surface area contributed by atoms with Crippen LogP contribution < -0.4 is 61.1 Å². The van der Waals surface area contributed by atoms with E-state index in [-0.39, 0.29) is 89.5 Å². The fourth-order valence-corrected chi connectivity index (χ4v) is 7.59. The molecule has 7 heterocycles. The SMILES string of the molecule is CC(Oc1cc(C(=O)Nc2cnn(C)c2)nnc1N)c1c(Cl)ccc(F)c1Cl.Cc1nnc(C(=O)Nc2cnn(C)c2)cc1OC(C)c1c(Cl)ccc(F)c1Cl.Cn1cc(N)cn1.Cn1cc([N+](=O)[O-])cn1.O=[N+]([O-])c1cn[nH]c1.[NH-]O.[Na+]. The number of nitrogen functional groups attached to an aromatic ring is 2. The van der Waals surface area contributed by atoms with Gasteiger partial charge < -0.3 is 42.7 Å². The maximum absolute atomic E-state index is 13.8. The summed E-state index contributed by atoms with van der Waals surface area (Å²) in [6, 6.07) is 7.89. The molecule has 2 unspecified atom stereocenters. The van der Waals surface area contributed by atoms with E-state index in [1.807, 2.05) is 7.05 Å². The molecule has 0 radical (unpaired) electrons. The summed E-state index contributed by atoms with van der Waals surface area (Å²) in [6.45, 7) is 4.95. The molecule has 2 atom stereocenters. The average molecular weight is 1240 g/mol. The number of nitrogens with zero attached hydrogens (tertiary/aromatic N) is 15. The van der Waals surface area contributed by atoms with Gasteiger partial charge in [0.2, 0.25) is 0 Å². The van der Waals surface area contributed by atoms with Crippen molar-refractivity contribution in [3.8, 4) is 11.5 Å². The summed E-state index contributed by atoms with van der Waals surface area (Å²) >= 11 is 24.3. The van der Waals surface area contributed by atoms with Gasteiger partial charge in [0.1, 0.15) is 53.9 Å². The Morgan fingerprint density at radius 1 is 0.663 bits per heavy atom. The van der Waals surface area contributed by atoms with Gasteiger partial charge in [-0.25, -0.2) is 8.78 Å². The maximum Gasteiger partial charge on any atom is 1.00 e. The van der Waals surface area contributed by atoms with Gasteiger partial charge in [-0.3, -0.25) is 53.6 Å². The fourth-order valence-electron chi connectivity index (χ4n) is 6.23. The minimum atomic E-state index is -0.767. The number of nitro groups is 2. The number of H-pyrrole nitrogens is 1. The summed E-state index contributed by atoms with van der Waals surface area (Å²) in [5, 5.41) is 67.9. The summed E-state index contributed by atoms with van der Waals surface area (Å²) < 4.78 is 45.3. The van der Waals surface area contributed by atoms with Gasteiger partial charge in [0.15, 0.2) is 23.0 Å². The number of hydrogen-bond acceptors (Lipinski definition) is 20. The third kappa shape index (κ3) is 20.8. The van der Waals surface area contributed by atoms with Crippen LogP contribution >= 0.6 is 46.4 Å². The molecule has 0 fully saturated rings. The van der Waals surface area contributed by atoms with E-state index in [1.165, 1.54) is 70.7 Å². The Balaban J connectivity index is 0.000000303. The molecule has 9 rings (SSSR count). The van der Waals surface area contributed by atoms with Crippen LogP contribution in [0.4, 0.5) is 43.0 Å². The topological polar surface area (TPSA) is 411 Å². The summed E-state index contributed by atoms with van der Waals surface area (Å²) in [5.74, 6) is 2.85. The van der Waals surface area contributed by atoms with Gasteiger partial charge in [0.25, 0.3) is 11.8 Å². The molecule has 83 heavy (non-hydrogen) atoms. The van der Waals surface area contributed by atoms with E-state index < -0.39 is 45.5 Å². The third-order valence-electron chi connectivity index (χ3n) is 10.0. The predicted molar refractivity (Wildman–Crippen MR) is 295 cm³/mol. The number of nitrogens with one attached hydrogen (secondary N) is 4. The predicted octanol–water partition coefficient (Wildman–Crippen LogP) is 6.07. The first kappa shape index (κ1) is 68.8. The van der Waals surface area contributed by atoms with Crippen molar-refractivity contribution in [1.82, 2.24) is 69.7 Å². The number of nitrogens with two attached hydrogens (primary N) is 2. The molecule has 9 N–H and O–H groups in total. The van der Waals surface area contributed by atoms with Crippen LogP contribution in [0.15, 0.2) is 98.4 Å². The zero-order chi connectivity index (χ0) is 61.0. The van der Waals surface area contributed by atoms with Crippen LogP contribution in [0.2, 0.25) is 20.1 Å². The first-order valence-electron chi connectivity index (χ1n) is 22.7. The van der Waals surface area contributed by atoms with Crippen molar-refractivity contribution in [1.29, 1.82) is 0 Å². The van der Waals surface area contributed by atoms with Crippen molar-refractivity contribution < 1.29 is 72.5 Å². The molecule has 37 heteroatoms. The summed E-state index contributed by atoms with van der Waals surface area (Å²) in [5.41, 5.74) is 13.8. The fraction of sp³-hybridized carbons (Fsp3) is 0.196. The number of rotatable bonds is 12. The Kier molecular flexibility index (Phi) is 27.2. The molecule has 0 aliphatic heterocycles. The standard InChI is InChI=1S/C18H16Cl2FN5O2.C17H15Cl2FN6O2.C4H5N3O2.C4H7N3.C3H3N3O2.H2NO.Na/c1-9-15(28-10(2)16-12(19)4-5-13(21)17(16)20)6-14(25-24-9)18(27)23-11-7-22-26(3)8-11;1-8(14-10(18)3-4-11(20)15(14)19)28-13-5-12(24-25-16(13)21)17(27)23-9-6-22-26(2)7-9;1-6-3-4(2-5-6)7(8)9;1-7-3-4(5)2-6-7;7-6(8)3-1-4-5-2-3;1-2;/h4-8,10H,1-3H3,(H,23,27);3-8H,1-2H3,(H2,21,25)(H,23,27);2-3H,1H3;2-3H,5H2,1H3;1-2H,(H,4,5);1-2H;/q;;;;;-1;+1. The molecule has 0 bridgehead atoms. The second-order valence-electron chi connectivity index (χ2n) is 16.2. The number of benzene rings is 2. The van der Waals surface area contributed by atoms with Gasteiger partial charge in [-0.2, -0.15) is 30.6 Å². The monoisotopic (exact) mass is 1240 g/mol. The summed E-state index contributed by atoms with van der Waals surface area (Å²) in [7, 11) is 6.91. The number of amides is 2. The molecule has 0 aliphatic carbocycles. The number of halogens is 6. The van der Waals surface area contributed by atoms with E-state index in [1.54, 1.807) is 76.1 Å². The zero-order valence-electron chi connectivity index (χ0n) is 44.7. The van der Waals surface area contributed by atoms with Crippen molar-refractivity contribution in [3.63, 3.8) is 0 Å². The van der Waals surface area contributed by atoms with E-state index >= 15 is 0 Å². The normalized spacial score (nSPS) is 10.8. The molecule has 0 spiro atoms. The number of ether oxygens (including phenoxy) is 2. The van der Waals surface area contributed by atoms with Crippen LogP contribution in [0.25, 0.3) is 5.90 Å². The largest absolute Gasteiger partial charge is 1.00 e. The quantitative estimate of drug-likeness (QED) is 0.0350. The Labute approximate surface area is 510 Å². The second-order valence-corrected chi connectivity index (χ2v) is 17.8. The number of carbonyl (C=O) groups is 2. The summed E-state index contributed by atoms with van der Waals surface area (Å²) in [4.78, 5) is 43.5. The Morgan fingerprint density at radius 2 is 1.10 bits per heavy atom. The molecule has 0 aliphatic rings. The second kappa shape index (κ2) is 32.8. The van der Waals surface area contributed by atoms with Gasteiger partial charge in [0, 0.05) is 80.1 Å². The van der Waals surface area contributed by atoms with Crippen LogP contribution in [0.1, 0.15) is 63.9 Å². The molecule has 0 saturated carbocycles. The van der Waals surface area contributed by atoms with Gasteiger partial charge in [-0.15, -0.1) is 15.3 Å². The number of carbonyl (C=O) groups excluding carboxylic acids is 2. The Bertz CT molecular complexity index is 3430. The number of hydrogen-bond donors (Lipinski definition) is 6. The van der Waals surface area contributed by atoms with Crippen molar-refractivity contribution in [3.05, 3.63) is 184 Å². The molecule has 9 aromatic rings. The van der Waals surface area contributed by atoms with Gasteiger partial charge in [0.05, 0.1) is 61.7 Å². The zero-order valence-corrected chi connectivity index (χ0v) is 49.8. The minimum absolute atomic E-state index is 0. The van der Waals surface area contributed by atoms with Crippen molar-refractivity contribution in [2.45, 2.75) is 33.0 Å². The van der Waals surface area contributed by atoms with E-state index in [2.05, 4.69) is 61.6 Å². The number of aromatic nitrogens is 14. The van der Waals surface area contributed by atoms with E-state index in [0.717, 1.165) is 12.3 Å². The first-order valence-corrected chi connectivity index (χ1v) is 24.2. The molecule has 434 valence electrons. The van der Waals surface area contributed by atoms with Crippen LogP contribution in [-0.2, 0) is 28.2 Å². The van der Waals surface area contributed by atoms with Crippen molar-refractivity contribution in [2.75, 3.05) is 22.1 Å². The van der Waals surface area contributed by atoms with E-state index in [9.17, 15) is 38.6 Å². The van der Waals surface area contributed by atoms with Gasteiger partial charge >= 0.3 is 40.9 Å². The molecule has 30 nitrogen and oxygen atoms in total. The Morgan fingerprint density at radius 3 is 1.46 bits per heavy atom. The van der Waals surface area contributed by atoms with Crippen LogP contribution in [0.3, 0.4) is 0 Å². The van der Waals surface area contributed by atoms with E-state index in [4.69, 9.17) is 78.4 Å². The minimum Gasteiger partial charge on any atom is -0.553 e. The van der Waals surface area contributed by atoms with Crippen molar-refractivity contribution >= 4 is 92.5 Å². The maximum atomic E-state index is 13.8. The third-order valence-corrected chi connectivity index (χ3v) is 11.4. The van der Waals surface area contributed by atoms with Crippen molar-refractivity contribution in [2.24, 2.45) is 28.2 Å². The van der Waals surface area contributed by atoms with Crippen LogP contribution in [0.5, 0.6) is 11.5 Å². The van der Waals surface area contributed by atoms with Crippen LogP contribution in [-0.4, -0.2) is 96.6 Å². The smallest absolute Gasteiger partial charge is 0.553 e. The summed E-state index contributed by atoms with van der Waals surface area (Å²) in [6.07, 6.45) is 13.1. The molecular formula is C46H48Cl4F2N21NaO9. The molecule has 2 aromatic carbocycles. The van der Waals surface area contributed by atoms with Gasteiger partial charge in [-0.05, 0) is 45.0 Å². The molecule has 0 saturated heterocycles. The number of anilines is 4. The number of aromatic amines is 1. The van der Waals surface area contributed by atoms with E-state index in [0.29, 0.717) is 34.1 Å². The number of aryl methyl sites for hydroxylation is 5. The van der Waals surface area contributed by atoms with Gasteiger partial charge in [-0.1, -0.05) is 46.4 Å². The Hall–Kier alpha value is -8.47. The van der Waals surface area contributed by atoms with Crippen LogP contribution in [0, 0.1) is 38.8 Å². The first-order chi connectivity index (χ1) is 38.8.